The number of amides is 1. The summed E-state index contributed by atoms with van der Waals surface area (Å²) in [6.07, 6.45) is 2.79. The maximum atomic E-state index is 12.4. The molecule has 3 aromatic rings. The Bertz CT molecular complexity index is 842. The number of nitrogens with zero attached hydrogens (tertiary/aromatic N) is 1. The van der Waals surface area contributed by atoms with Gasteiger partial charge in [-0.15, -0.1) is 11.3 Å². The number of aromatic nitrogens is 1. The van der Waals surface area contributed by atoms with Gasteiger partial charge in [-0.3, -0.25) is 4.79 Å². The maximum absolute atomic E-state index is 12.4. The molecular formula is C19H21N3OS. The molecule has 3 rings (SSSR count). The lowest BCUT2D eigenvalue weighted by Gasteiger charge is -2.04. The van der Waals surface area contributed by atoms with Crippen LogP contribution in [0, 0.1) is 0 Å². The number of fused-ring (bicyclic) bond motifs is 1. The van der Waals surface area contributed by atoms with Crippen molar-refractivity contribution in [3.63, 3.8) is 0 Å². The average molecular weight is 339 g/mol. The van der Waals surface area contributed by atoms with Crippen molar-refractivity contribution < 1.29 is 4.79 Å². The summed E-state index contributed by atoms with van der Waals surface area (Å²) >= 11 is 1.37. The number of hydrogen-bond acceptors (Lipinski definition) is 4. The number of hydrogen-bond donors (Lipinski definition) is 2. The van der Waals surface area contributed by atoms with Crippen LogP contribution >= 0.6 is 11.3 Å². The van der Waals surface area contributed by atoms with Crippen LogP contribution in [-0.2, 0) is 12.8 Å². The van der Waals surface area contributed by atoms with Crippen molar-refractivity contribution >= 4 is 33.1 Å². The minimum absolute atomic E-state index is 0.122. The molecule has 0 saturated carbocycles. The number of nitrogens with one attached hydrogen (secondary N) is 1. The Morgan fingerprint density at radius 2 is 1.96 bits per heavy atom. The van der Waals surface area contributed by atoms with E-state index in [4.69, 9.17) is 5.73 Å². The van der Waals surface area contributed by atoms with Crippen LogP contribution in [0.25, 0.3) is 10.2 Å². The highest BCUT2D eigenvalue weighted by Gasteiger charge is 2.17. The zero-order valence-corrected chi connectivity index (χ0v) is 14.5. The van der Waals surface area contributed by atoms with Crippen molar-refractivity contribution in [2.75, 3.05) is 12.3 Å². The molecule has 5 heteroatoms. The maximum Gasteiger partial charge on any atom is 0.263 e. The van der Waals surface area contributed by atoms with Crippen LogP contribution in [0.2, 0.25) is 0 Å². The molecule has 24 heavy (non-hydrogen) atoms. The van der Waals surface area contributed by atoms with Crippen LogP contribution in [0.5, 0.6) is 0 Å². The van der Waals surface area contributed by atoms with Crippen molar-refractivity contribution in [1.29, 1.82) is 0 Å². The summed E-state index contributed by atoms with van der Waals surface area (Å²) < 4.78 is 0. The minimum atomic E-state index is -0.122. The summed E-state index contributed by atoms with van der Waals surface area (Å²) in [6.45, 7) is 2.71. The standard InChI is InChI=1S/C19H21N3OS/c1-2-6-14-9-10-15-16(20)17(24-19(15)22-14)18(23)21-12-11-13-7-4-3-5-8-13/h3-5,7-10H,2,6,11-12,20H2,1H3,(H,21,23). The highest BCUT2D eigenvalue weighted by atomic mass is 32.1. The van der Waals surface area contributed by atoms with Crippen LogP contribution in [0.1, 0.15) is 34.3 Å². The molecule has 124 valence electrons. The quantitative estimate of drug-likeness (QED) is 0.718. The predicted octanol–water partition coefficient (Wildman–Crippen LogP) is 3.80. The summed E-state index contributed by atoms with van der Waals surface area (Å²) in [7, 11) is 0. The molecule has 3 N–H and O–H groups in total. The summed E-state index contributed by atoms with van der Waals surface area (Å²) in [6, 6.07) is 14.1. The van der Waals surface area contributed by atoms with Gasteiger partial charge in [-0.2, -0.15) is 0 Å². The Labute approximate surface area is 145 Å². The van der Waals surface area contributed by atoms with E-state index in [2.05, 4.69) is 29.4 Å². The van der Waals surface area contributed by atoms with Crippen LogP contribution in [0.15, 0.2) is 42.5 Å². The van der Waals surface area contributed by atoms with Crippen LogP contribution < -0.4 is 11.1 Å². The third-order valence-electron chi connectivity index (χ3n) is 3.91. The van der Waals surface area contributed by atoms with E-state index in [1.807, 2.05) is 30.3 Å². The average Bonchev–Trinajstić information content (AvgIpc) is 2.92. The Kier molecular flexibility index (Phi) is 5.11. The van der Waals surface area contributed by atoms with Gasteiger partial charge in [-0.25, -0.2) is 4.98 Å². The fourth-order valence-corrected chi connectivity index (χ4v) is 3.67. The summed E-state index contributed by atoms with van der Waals surface area (Å²) in [5.41, 5.74) is 8.93. The minimum Gasteiger partial charge on any atom is -0.397 e. The second-order valence-electron chi connectivity index (χ2n) is 5.74. The Hall–Kier alpha value is -2.40. The van der Waals surface area contributed by atoms with E-state index in [0.717, 1.165) is 35.2 Å². The first-order valence-electron chi connectivity index (χ1n) is 8.19. The number of carbonyl (C=O) groups is 1. The first-order valence-corrected chi connectivity index (χ1v) is 9.00. The number of thiophene rings is 1. The second kappa shape index (κ2) is 7.45. The highest BCUT2D eigenvalue weighted by Crippen LogP contribution is 2.32. The van der Waals surface area contributed by atoms with E-state index in [-0.39, 0.29) is 5.91 Å². The van der Waals surface area contributed by atoms with Gasteiger partial charge < -0.3 is 11.1 Å². The molecule has 1 amide bonds. The number of nitrogen functional groups attached to an aromatic ring is 1. The largest absolute Gasteiger partial charge is 0.397 e. The molecule has 0 spiro atoms. The van der Waals surface area contributed by atoms with Crippen LogP contribution in [0.3, 0.4) is 0 Å². The van der Waals surface area contributed by atoms with Gasteiger partial charge >= 0.3 is 0 Å². The van der Waals surface area contributed by atoms with Crippen molar-refractivity contribution in [2.45, 2.75) is 26.2 Å². The molecule has 0 saturated heterocycles. The van der Waals surface area contributed by atoms with Gasteiger partial charge in [0.15, 0.2) is 0 Å². The highest BCUT2D eigenvalue weighted by molar-refractivity contribution is 7.21. The zero-order valence-electron chi connectivity index (χ0n) is 13.7. The number of anilines is 1. The number of carbonyl (C=O) groups excluding carboxylic acids is 1. The molecule has 2 heterocycles. The van der Waals surface area contributed by atoms with Gasteiger partial charge in [0.05, 0.1) is 5.69 Å². The SMILES string of the molecule is CCCc1ccc2c(N)c(C(=O)NCCc3ccccc3)sc2n1. The van der Waals surface area contributed by atoms with Gasteiger partial charge in [0.2, 0.25) is 0 Å². The number of nitrogens with two attached hydrogens (primary N) is 1. The van der Waals surface area contributed by atoms with Crippen LogP contribution in [0.4, 0.5) is 5.69 Å². The molecular weight excluding hydrogens is 318 g/mol. The first-order chi connectivity index (χ1) is 11.7. The molecule has 0 atom stereocenters. The Morgan fingerprint density at radius 3 is 2.71 bits per heavy atom. The van der Waals surface area contributed by atoms with Gasteiger partial charge in [0, 0.05) is 17.6 Å². The predicted molar refractivity (Wildman–Crippen MR) is 101 cm³/mol. The zero-order chi connectivity index (χ0) is 16.9. The molecule has 2 aromatic heterocycles. The third-order valence-corrected chi connectivity index (χ3v) is 5.02. The van der Waals surface area contributed by atoms with E-state index in [1.165, 1.54) is 16.9 Å². The summed E-state index contributed by atoms with van der Waals surface area (Å²) in [5, 5.41) is 3.82. The molecule has 0 unspecified atom stereocenters. The molecule has 0 fully saturated rings. The smallest absolute Gasteiger partial charge is 0.263 e. The number of pyridine rings is 1. The summed E-state index contributed by atoms with van der Waals surface area (Å²) in [4.78, 5) is 18.4. The monoisotopic (exact) mass is 339 g/mol. The molecule has 1 aromatic carbocycles. The molecule has 0 aliphatic heterocycles. The first kappa shape index (κ1) is 16.5. The van der Waals surface area contributed by atoms with Gasteiger partial charge in [-0.05, 0) is 30.5 Å². The van der Waals surface area contributed by atoms with Gasteiger partial charge in [0.1, 0.15) is 9.71 Å². The lowest BCUT2D eigenvalue weighted by Crippen LogP contribution is -2.25. The second-order valence-corrected chi connectivity index (χ2v) is 6.74. The normalized spacial score (nSPS) is 10.9. The van der Waals surface area contributed by atoms with Crippen LogP contribution in [-0.4, -0.2) is 17.4 Å². The Balaban J connectivity index is 1.71. The van der Waals surface area contributed by atoms with E-state index >= 15 is 0 Å². The van der Waals surface area contributed by atoms with E-state index in [9.17, 15) is 4.79 Å². The third kappa shape index (κ3) is 3.57. The van der Waals surface area contributed by atoms with Crippen molar-refractivity contribution in [1.82, 2.24) is 10.3 Å². The number of aryl methyl sites for hydroxylation is 1. The van der Waals surface area contributed by atoms with Gasteiger partial charge in [0.25, 0.3) is 5.91 Å². The lowest BCUT2D eigenvalue weighted by molar-refractivity contribution is 0.0959. The Morgan fingerprint density at radius 1 is 1.17 bits per heavy atom. The molecule has 0 aliphatic rings. The number of benzene rings is 1. The number of rotatable bonds is 6. The molecule has 4 nitrogen and oxygen atoms in total. The summed E-state index contributed by atoms with van der Waals surface area (Å²) in [5.74, 6) is -0.122. The molecule has 0 aliphatic carbocycles. The van der Waals surface area contributed by atoms with Crippen molar-refractivity contribution in [3.05, 3.63) is 58.6 Å². The van der Waals surface area contributed by atoms with E-state index in [0.29, 0.717) is 17.1 Å². The van der Waals surface area contributed by atoms with E-state index < -0.39 is 0 Å². The van der Waals surface area contributed by atoms with Gasteiger partial charge in [-0.1, -0.05) is 43.7 Å². The topological polar surface area (TPSA) is 68.0 Å². The lowest BCUT2D eigenvalue weighted by atomic mass is 10.1. The molecule has 0 radical (unpaired) electrons. The fraction of sp³-hybridized carbons (Fsp3) is 0.263. The van der Waals surface area contributed by atoms with Crippen molar-refractivity contribution in [3.8, 4) is 0 Å². The van der Waals surface area contributed by atoms with Crippen molar-refractivity contribution in [2.24, 2.45) is 0 Å². The van der Waals surface area contributed by atoms with E-state index in [1.54, 1.807) is 0 Å². The fourth-order valence-electron chi connectivity index (χ4n) is 2.64. The molecule has 0 bridgehead atoms.